The minimum atomic E-state index is -0.565. The van der Waals surface area contributed by atoms with Gasteiger partial charge in [-0.3, -0.25) is 14.2 Å². The fourth-order valence-electron chi connectivity index (χ4n) is 3.93. The van der Waals surface area contributed by atoms with Crippen LogP contribution in [-0.2, 0) is 0 Å². The molecule has 0 saturated heterocycles. The Kier molecular flexibility index (Phi) is 4.68. The molecule has 5 rings (SSSR count). The summed E-state index contributed by atoms with van der Waals surface area (Å²) in [4.78, 5) is 30.9. The van der Waals surface area contributed by atoms with Crippen LogP contribution in [0.5, 0.6) is 0 Å². The summed E-state index contributed by atoms with van der Waals surface area (Å²) >= 11 is 0. The molecule has 4 heterocycles. The number of hydrogen-bond donors (Lipinski definition) is 2. The standard InChI is InChI=1S/C24H19N7O2/c1-3-16-10-13-29-14-18(31(24(33)20(16)29)17-8-5-4-6-9-17)15(2)27-23(32)19-21(25)28-30-12-7-11-26-22(19)30/h1,4-15H,2H3,(H2,25,28)(H,27,32)/t15-/m1/s1. The molecule has 1 atom stereocenters. The number of amides is 1. The largest absolute Gasteiger partial charge is 0.381 e. The topological polar surface area (TPSA) is 112 Å². The Morgan fingerprint density at radius 3 is 2.73 bits per heavy atom. The molecule has 0 unspecified atom stereocenters. The first-order chi connectivity index (χ1) is 16.0. The summed E-state index contributed by atoms with van der Waals surface area (Å²) in [5.74, 6) is 2.18. The van der Waals surface area contributed by atoms with Gasteiger partial charge in [0.05, 0.1) is 17.3 Å². The van der Waals surface area contributed by atoms with Crippen molar-refractivity contribution < 1.29 is 4.79 Å². The molecule has 5 aromatic rings. The van der Waals surface area contributed by atoms with Crippen LogP contribution in [-0.4, -0.2) is 29.5 Å². The number of rotatable bonds is 4. The summed E-state index contributed by atoms with van der Waals surface area (Å²) < 4.78 is 4.68. The second kappa shape index (κ2) is 7.69. The molecule has 162 valence electrons. The van der Waals surface area contributed by atoms with E-state index in [1.807, 2.05) is 30.3 Å². The predicted octanol–water partition coefficient (Wildman–Crippen LogP) is 2.19. The number of terminal acetylenes is 1. The predicted molar refractivity (Wildman–Crippen MR) is 124 cm³/mol. The molecule has 0 radical (unpaired) electrons. The second-order valence-electron chi connectivity index (χ2n) is 7.50. The summed E-state index contributed by atoms with van der Waals surface area (Å²) in [7, 11) is 0. The van der Waals surface area contributed by atoms with Crippen LogP contribution < -0.4 is 16.6 Å². The van der Waals surface area contributed by atoms with E-state index in [0.29, 0.717) is 28.1 Å². The molecule has 4 aromatic heterocycles. The minimum Gasteiger partial charge on any atom is -0.381 e. The molecule has 0 bridgehead atoms. The zero-order valence-corrected chi connectivity index (χ0v) is 17.6. The average molecular weight is 437 g/mol. The highest BCUT2D eigenvalue weighted by Gasteiger charge is 2.24. The van der Waals surface area contributed by atoms with Crippen LogP contribution in [0.4, 0.5) is 5.82 Å². The fourth-order valence-corrected chi connectivity index (χ4v) is 3.93. The van der Waals surface area contributed by atoms with Crippen molar-refractivity contribution in [2.75, 3.05) is 5.73 Å². The number of anilines is 1. The highest BCUT2D eigenvalue weighted by atomic mass is 16.2. The first-order valence-corrected chi connectivity index (χ1v) is 10.2. The first-order valence-electron chi connectivity index (χ1n) is 10.2. The van der Waals surface area contributed by atoms with Crippen LogP contribution in [0.2, 0.25) is 0 Å². The molecular formula is C24H19N7O2. The minimum absolute atomic E-state index is 0.0679. The van der Waals surface area contributed by atoms with Crippen LogP contribution in [0.3, 0.4) is 0 Å². The summed E-state index contributed by atoms with van der Waals surface area (Å²) in [6.45, 7) is 1.79. The van der Waals surface area contributed by atoms with Gasteiger partial charge >= 0.3 is 0 Å². The van der Waals surface area contributed by atoms with E-state index < -0.39 is 11.9 Å². The van der Waals surface area contributed by atoms with E-state index >= 15 is 0 Å². The van der Waals surface area contributed by atoms with Crippen LogP contribution in [0.25, 0.3) is 16.9 Å². The zero-order chi connectivity index (χ0) is 23.1. The number of hydrogen-bond acceptors (Lipinski definition) is 5. The molecule has 9 nitrogen and oxygen atoms in total. The number of aromatic nitrogens is 5. The lowest BCUT2D eigenvalue weighted by atomic mass is 10.1. The average Bonchev–Trinajstić information content (AvgIpc) is 3.39. The third-order valence-electron chi connectivity index (χ3n) is 5.46. The molecular weight excluding hydrogens is 418 g/mol. The van der Waals surface area contributed by atoms with Gasteiger partial charge in [0.25, 0.3) is 11.5 Å². The number of nitrogen functional groups attached to an aromatic ring is 1. The van der Waals surface area contributed by atoms with E-state index in [-0.39, 0.29) is 16.9 Å². The molecule has 1 aromatic carbocycles. The van der Waals surface area contributed by atoms with Crippen molar-refractivity contribution in [3.63, 3.8) is 0 Å². The van der Waals surface area contributed by atoms with E-state index in [4.69, 9.17) is 12.2 Å². The Labute approximate surface area is 188 Å². The van der Waals surface area contributed by atoms with Crippen molar-refractivity contribution in [2.45, 2.75) is 13.0 Å². The Morgan fingerprint density at radius 2 is 1.97 bits per heavy atom. The molecule has 33 heavy (non-hydrogen) atoms. The lowest BCUT2D eigenvalue weighted by molar-refractivity contribution is 0.0941. The van der Waals surface area contributed by atoms with E-state index in [9.17, 15) is 9.59 Å². The van der Waals surface area contributed by atoms with Gasteiger partial charge in [-0.1, -0.05) is 24.1 Å². The Hall–Kier alpha value is -4.84. The Bertz CT molecular complexity index is 1620. The van der Waals surface area contributed by atoms with Crippen molar-refractivity contribution in [3.8, 4) is 18.0 Å². The lowest BCUT2D eigenvalue weighted by Crippen LogP contribution is -2.33. The maximum atomic E-state index is 13.5. The van der Waals surface area contributed by atoms with Gasteiger partial charge in [0, 0.05) is 30.5 Å². The van der Waals surface area contributed by atoms with Crippen LogP contribution in [0.15, 0.2) is 72.0 Å². The number of nitrogens with zero attached hydrogens (tertiary/aromatic N) is 5. The smallest absolute Gasteiger partial charge is 0.280 e. The monoisotopic (exact) mass is 437 g/mol. The van der Waals surface area contributed by atoms with Gasteiger partial charge < -0.3 is 15.5 Å². The van der Waals surface area contributed by atoms with Crippen molar-refractivity contribution in [1.82, 2.24) is 28.9 Å². The fraction of sp³-hybridized carbons (Fsp3) is 0.0833. The quantitative estimate of drug-likeness (QED) is 0.419. The normalized spacial score (nSPS) is 12.0. The van der Waals surface area contributed by atoms with E-state index in [1.54, 1.807) is 52.8 Å². The zero-order valence-electron chi connectivity index (χ0n) is 17.6. The molecule has 0 fully saturated rings. The molecule has 0 aliphatic heterocycles. The number of carbonyl (C=O) groups excluding carboxylic acids is 1. The van der Waals surface area contributed by atoms with Gasteiger partial charge in [0.1, 0.15) is 11.1 Å². The number of fused-ring (bicyclic) bond motifs is 2. The number of carbonyl (C=O) groups is 1. The van der Waals surface area contributed by atoms with Crippen LogP contribution in [0.1, 0.15) is 34.6 Å². The molecule has 3 N–H and O–H groups in total. The number of nitrogens with two attached hydrogens (primary N) is 1. The van der Waals surface area contributed by atoms with Gasteiger partial charge in [0.2, 0.25) is 0 Å². The summed E-state index contributed by atoms with van der Waals surface area (Å²) in [5, 5.41) is 7.07. The number of benzene rings is 1. The maximum absolute atomic E-state index is 13.5. The van der Waals surface area contributed by atoms with E-state index in [2.05, 4.69) is 21.3 Å². The number of para-hydroxylation sites is 1. The van der Waals surface area contributed by atoms with Gasteiger partial charge in [-0.05, 0) is 31.2 Å². The van der Waals surface area contributed by atoms with Crippen molar-refractivity contribution in [3.05, 3.63) is 94.4 Å². The second-order valence-corrected chi connectivity index (χ2v) is 7.50. The molecule has 0 aliphatic rings. The van der Waals surface area contributed by atoms with Crippen LogP contribution >= 0.6 is 0 Å². The summed E-state index contributed by atoms with van der Waals surface area (Å²) in [5.41, 5.74) is 8.34. The van der Waals surface area contributed by atoms with Gasteiger partial charge in [-0.2, -0.15) is 0 Å². The lowest BCUT2D eigenvalue weighted by Gasteiger charge is -2.20. The third kappa shape index (κ3) is 3.21. The summed E-state index contributed by atoms with van der Waals surface area (Å²) in [6.07, 6.45) is 12.3. The van der Waals surface area contributed by atoms with Crippen LogP contribution in [0, 0.1) is 12.3 Å². The van der Waals surface area contributed by atoms with Crippen molar-refractivity contribution in [1.29, 1.82) is 0 Å². The van der Waals surface area contributed by atoms with E-state index in [0.717, 1.165) is 0 Å². The van der Waals surface area contributed by atoms with Gasteiger partial charge in [-0.25, -0.2) is 9.50 Å². The van der Waals surface area contributed by atoms with Gasteiger partial charge in [0.15, 0.2) is 11.5 Å². The first kappa shape index (κ1) is 20.1. The SMILES string of the molecule is C#Cc1ccn2cc([C@@H](C)NC(=O)c3c(N)nn4cccnc34)n(-c3ccccc3)c(=O)c12. The Morgan fingerprint density at radius 1 is 1.18 bits per heavy atom. The third-order valence-corrected chi connectivity index (χ3v) is 5.46. The maximum Gasteiger partial charge on any atom is 0.280 e. The van der Waals surface area contributed by atoms with Crippen molar-refractivity contribution >= 4 is 22.9 Å². The molecule has 1 amide bonds. The van der Waals surface area contributed by atoms with Crippen molar-refractivity contribution in [2.24, 2.45) is 0 Å². The molecule has 9 heteroatoms. The summed E-state index contributed by atoms with van der Waals surface area (Å²) in [6, 6.07) is 12.0. The molecule has 0 aliphatic carbocycles. The number of nitrogens with one attached hydrogen (secondary N) is 1. The molecule has 0 spiro atoms. The highest BCUT2D eigenvalue weighted by molar-refractivity contribution is 6.04. The van der Waals surface area contributed by atoms with E-state index in [1.165, 1.54) is 4.52 Å². The molecule has 0 saturated carbocycles. The Balaban J connectivity index is 1.63. The highest BCUT2D eigenvalue weighted by Crippen LogP contribution is 2.21. The van der Waals surface area contributed by atoms with Gasteiger partial charge in [-0.15, -0.1) is 11.5 Å².